The number of nitrogens with one attached hydrogen (secondary N) is 2. The number of amides is 3. The summed E-state index contributed by atoms with van der Waals surface area (Å²) in [4.78, 5) is 35.0. The van der Waals surface area contributed by atoms with Crippen LogP contribution in [0.4, 0.5) is 10.5 Å². The van der Waals surface area contributed by atoms with Crippen LogP contribution in [0.2, 0.25) is 0 Å². The Morgan fingerprint density at radius 3 is 2.24 bits per heavy atom. The molecule has 1 heterocycles. The van der Waals surface area contributed by atoms with Gasteiger partial charge < -0.3 is 5.32 Å². The molecule has 1 aliphatic heterocycles. The topological polar surface area (TPSA) is 75.3 Å². The lowest BCUT2D eigenvalue weighted by molar-refractivity contribution is -0.118. The first-order valence-electron chi connectivity index (χ1n) is 7.62. The predicted molar refractivity (Wildman–Crippen MR) is 99.0 cm³/mol. The molecule has 0 saturated carbocycles. The molecular formula is C18H15ClN2O3S. The molecule has 1 fully saturated rings. The van der Waals surface area contributed by atoms with Crippen molar-refractivity contribution in [1.82, 2.24) is 5.32 Å². The number of imide groups is 1. The largest absolute Gasteiger partial charge is 0.322 e. The monoisotopic (exact) mass is 374 g/mol. The summed E-state index contributed by atoms with van der Waals surface area (Å²) in [6.07, 6.45) is 0.469. The molecule has 1 atom stereocenters. The average Bonchev–Trinajstić information content (AvgIpc) is 2.94. The minimum Gasteiger partial charge on any atom is -0.322 e. The van der Waals surface area contributed by atoms with Crippen LogP contribution in [0.15, 0.2) is 48.5 Å². The Bertz CT molecular complexity index is 806. The number of benzene rings is 2. The van der Waals surface area contributed by atoms with E-state index in [1.807, 2.05) is 24.3 Å². The summed E-state index contributed by atoms with van der Waals surface area (Å²) in [5, 5.41) is 4.39. The maximum atomic E-state index is 12.2. The lowest BCUT2D eigenvalue weighted by Gasteiger charge is -2.08. The van der Waals surface area contributed by atoms with E-state index in [0.29, 0.717) is 23.6 Å². The number of rotatable bonds is 5. The number of anilines is 1. The van der Waals surface area contributed by atoms with Crippen LogP contribution in [0.3, 0.4) is 0 Å². The van der Waals surface area contributed by atoms with Gasteiger partial charge in [0.1, 0.15) is 0 Å². The molecule has 0 aromatic heterocycles. The Kier molecular flexibility index (Phi) is 5.40. The van der Waals surface area contributed by atoms with Gasteiger partial charge in [-0.1, -0.05) is 36.0 Å². The molecule has 0 radical (unpaired) electrons. The number of halogens is 1. The van der Waals surface area contributed by atoms with Crippen LogP contribution in [0.25, 0.3) is 0 Å². The van der Waals surface area contributed by atoms with E-state index in [0.717, 1.165) is 22.9 Å². The zero-order valence-corrected chi connectivity index (χ0v) is 14.7. The normalized spacial score (nSPS) is 16.6. The van der Waals surface area contributed by atoms with E-state index in [4.69, 9.17) is 11.6 Å². The summed E-state index contributed by atoms with van der Waals surface area (Å²) >= 11 is 6.74. The highest BCUT2D eigenvalue weighted by molar-refractivity contribution is 8.15. The Balaban J connectivity index is 1.61. The summed E-state index contributed by atoms with van der Waals surface area (Å²) < 4.78 is 0. The van der Waals surface area contributed by atoms with Gasteiger partial charge in [-0.3, -0.25) is 19.7 Å². The summed E-state index contributed by atoms with van der Waals surface area (Å²) in [6.45, 7) is 0. The molecule has 2 N–H and O–H groups in total. The van der Waals surface area contributed by atoms with E-state index < -0.39 is 5.25 Å². The summed E-state index contributed by atoms with van der Waals surface area (Å²) in [6, 6.07) is 14.3. The molecule has 1 saturated heterocycles. The van der Waals surface area contributed by atoms with Gasteiger partial charge in [0, 0.05) is 17.1 Å². The number of hydrogen-bond acceptors (Lipinski definition) is 4. The van der Waals surface area contributed by atoms with Gasteiger partial charge in [0.25, 0.3) is 11.1 Å². The molecule has 2 aromatic carbocycles. The minimum atomic E-state index is -0.395. The molecule has 0 spiro atoms. The Morgan fingerprint density at radius 2 is 1.68 bits per heavy atom. The second-order valence-electron chi connectivity index (χ2n) is 5.57. The van der Waals surface area contributed by atoms with Crippen molar-refractivity contribution >= 4 is 46.1 Å². The molecule has 3 rings (SSSR count). The van der Waals surface area contributed by atoms with Crippen LogP contribution in [0, 0.1) is 0 Å². The van der Waals surface area contributed by atoms with Crippen LogP contribution in [-0.4, -0.2) is 22.3 Å². The fraction of sp³-hybridized carbons (Fsp3) is 0.167. The lowest BCUT2D eigenvalue weighted by Crippen LogP contribution is -2.25. The third kappa shape index (κ3) is 4.41. The molecular weight excluding hydrogens is 360 g/mol. The van der Waals surface area contributed by atoms with E-state index in [9.17, 15) is 14.4 Å². The van der Waals surface area contributed by atoms with E-state index >= 15 is 0 Å². The van der Waals surface area contributed by atoms with Crippen molar-refractivity contribution < 1.29 is 14.4 Å². The summed E-state index contributed by atoms with van der Waals surface area (Å²) in [5.74, 6) is -0.0512. The zero-order valence-electron chi connectivity index (χ0n) is 13.1. The van der Waals surface area contributed by atoms with Crippen LogP contribution in [0.1, 0.15) is 21.5 Å². The van der Waals surface area contributed by atoms with E-state index in [1.54, 1.807) is 24.3 Å². The maximum absolute atomic E-state index is 12.2. The van der Waals surface area contributed by atoms with Gasteiger partial charge in [0.2, 0.25) is 5.91 Å². The van der Waals surface area contributed by atoms with Gasteiger partial charge in [0.15, 0.2) is 0 Å². The number of carbonyl (C=O) groups excluding carboxylic acids is 3. The molecule has 7 heteroatoms. The highest BCUT2D eigenvalue weighted by atomic mass is 35.5. The fourth-order valence-corrected chi connectivity index (χ4v) is 3.45. The SMILES string of the molecule is O=C1NC(=O)C(Cc2ccc(NC(=O)c3ccc(CCl)cc3)cc2)S1. The van der Waals surface area contributed by atoms with Crippen molar-refractivity contribution in [2.45, 2.75) is 17.6 Å². The number of hydrogen-bond donors (Lipinski definition) is 2. The second kappa shape index (κ2) is 7.72. The predicted octanol–water partition coefficient (Wildman–Crippen LogP) is 3.57. The van der Waals surface area contributed by atoms with Crippen molar-refractivity contribution in [3.05, 3.63) is 65.2 Å². The molecule has 0 bridgehead atoms. The molecule has 1 unspecified atom stereocenters. The van der Waals surface area contributed by atoms with E-state index in [1.165, 1.54) is 0 Å². The number of alkyl halides is 1. The first kappa shape index (κ1) is 17.5. The number of carbonyl (C=O) groups is 3. The van der Waals surface area contributed by atoms with Crippen molar-refractivity contribution in [2.75, 3.05) is 5.32 Å². The van der Waals surface area contributed by atoms with Gasteiger partial charge in [0.05, 0.1) is 5.25 Å². The van der Waals surface area contributed by atoms with Crippen molar-refractivity contribution in [2.24, 2.45) is 0 Å². The third-order valence-corrected chi connectivity index (χ3v) is 5.06. The van der Waals surface area contributed by atoms with Crippen LogP contribution < -0.4 is 10.6 Å². The quantitative estimate of drug-likeness (QED) is 0.784. The first-order valence-corrected chi connectivity index (χ1v) is 9.03. The van der Waals surface area contributed by atoms with Gasteiger partial charge in [-0.05, 0) is 41.8 Å². The number of thioether (sulfide) groups is 1. The fourth-order valence-electron chi connectivity index (χ4n) is 2.41. The van der Waals surface area contributed by atoms with E-state index in [2.05, 4.69) is 10.6 Å². The first-order chi connectivity index (χ1) is 12.0. The molecule has 5 nitrogen and oxygen atoms in total. The standard InChI is InChI=1S/C18H15ClN2O3S/c19-10-12-1-5-13(6-2-12)16(22)20-14-7-3-11(4-8-14)9-15-17(23)21-18(24)25-15/h1-8,15H,9-10H2,(H,20,22)(H,21,23,24). The lowest BCUT2D eigenvalue weighted by atomic mass is 10.1. The highest BCUT2D eigenvalue weighted by Gasteiger charge is 2.31. The third-order valence-electron chi connectivity index (χ3n) is 3.77. The molecule has 2 aromatic rings. The van der Waals surface area contributed by atoms with Gasteiger partial charge in [-0.25, -0.2) is 0 Å². The van der Waals surface area contributed by atoms with Crippen LogP contribution in [-0.2, 0) is 17.1 Å². The second-order valence-corrected chi connectivity index (χ2v) is 7.01. The molecule has 0 aliphatic carbocycles. The molecule has 128 valence electrons. The summed E-state index contributed by atoms with van der Waals surface area (Å²) in [5.41, 5.74) is 3.09. The van der Waals surface area contributed by atoms with Crippen molar-refractivity contribution in [1.29, 1.82) is 0 Å². The Morgan fingerprint density at radius 1 is 1.04 bits per heavy atom. The Hall–Kier alpha value is -2.31. The van der Waals surface area contributed by atoms with Gasteiger partial charge in [-0.2, -0.15) is 0 Å². The Labute approximate surface area is 154 Å². The molecule has 25 heavy (non-hydrogen) atoms. The van der Waals surface area contributed by atoms with Crippen molar-refractivity contribution in [3.8, 4) is 0 Å². The van der Waals surface area contributed by atoms with Crippen LogP contribution >= 0.6 is 23.4 Å². The molecule has 3 amide bonds. The highest BCUT2D eigenvalue weighted by Crippen LogP contribution is 2.23. The van der Waals surface area contributed by atoms with Gasteiger partial charge >= 0.3 is 0 Å². The maximum Gasteiger partial charge on any atom is 0.286 e. The van der Waals surface area contributed by atoms with Gasteiger partial charge in [-0.15, -0.1) is 11.6 Å². The zero-order chi connectivity index (χ0) is 17.8. The minimum absolute atomic E-state index is 0.204. The van der Waals surface area contributed by atoms with Crippen molar-refractivity contribution in [3.63, 3.8) is 0 Å². The average molecular weight is 375 g/mol. The van der Waals surface area contributed by atoms with E-state index in [-0.39, 0.29) is 17.1 Å². The molecule has 1 aliphatic rings. The smallest absolute Gasteiger partial charge is 0.286 e. The van der Waals surface area contributed by atoms with Crippen LogP contribution in [0.5, 0.6) is 0 Å². The summed E-state index contributed by atoms with van der Waals surface area (Å²) in [7, 11) is 0.